The van der Waals surface area contributed by atoms with Gasteiger partial charge in [0.05, 0.1) is 0 Å². The summed E-state index contributed by atoms with van der Waals surface area (Å²) in [6.07, 6.45) is 9.83. The van der Waals surface area contributed by atoms with Gasteiger partial charge in [-0.05, 0) is 55.7 Å². The highest BCUT2D eigenvalue weighted by atomic mass is 14.3. The van der Waals surface area contributed by atoms with E-state index in [9.17, 15) is 0 Å². The molecule has 2 aromatic carbocycles. The molecule has 0 fully saturated rings. The van der Waals surface area contributed by atoms with Gasteiger partial charge in [-0.15, -0.1) is 0 Å². The summed E-state index contributed by atoms with van der Waals surface area (Å²) in [5.41, 5.74) is 9.59. The molecule has 3 rings (SSSR count). The summed E-state index contributed by atoms with van der Waals surface area (Å²) in [5.74, 6) is 0.881. The predicted octanol–water partition coefficient (Wildman–Crippen LogP) is 11.2. The number of hydrogen-bond acceptors (Lipinski definition) is 0. The summed E-state index contributed by atoms with van der Waals surface area (Å²) < 4.78 is 0. The second-order valence-corrected chi connectivity index (χ2v) is 12.6. The minimum absolute atomic E-state index is 0.169. The zero-order chi connectivity index (χ0) is 27.1. The van der Waals surface area contributed by atoms with Gasteiger partial charge in [-0.2, -0.15) is 0 Å². The van der Waals surface area contributed by atoms with Crippen LogP contribution in [-0.4, -0.2) is 0 Å². The van der Waals surface area contributed by atoms with Crippen molar-refractivity contribution >= 4 is 11.1 Å². The first kappa shape index (κ1) is 29.9. The minimum atomic E-state index is 0.169. The third-order valence-electron chi connectivity index (χ3n) is 7.55. The number of allylic oxidation sites excluding steroid dienone is 5. The van der Waals surface area contributed by atoms with E-state index < -0.39 is 0 Å². The van der Waals surface area contributed by atoms with Crippen LogP contribution in [0.5, 0.6) is 0 Å². The molecule has 0 radical (unpaired) electrons. The average molecular weight is 485 g/mol. The normalized spacial score (nSPS) is 17.1. The van der Waals surface area contributed by atoms with Gasteiger partial charge >= 0.3 is 0 Å². The van der Waals surface area contributed by atoms with Crippen LogP contribution in [0, 0.1) is 11.8 Å². The summed E-state index contributed by atoms with van der Waals surface area (Å²) in [6, 6.07) is 18.2. The lowest BCUT2D eigenvalue weighted by molar-refractivity contribution is 0.483. The van der Waals surface area contributed by atoms with Gasteiger partial charge in [0.25, 0.3) is 0 Å². The fourth-order valence-corrected chi connectivity index (χ4v) is 4.85. The van der Waals surface area contributed by atoms with Crippen LogP contribution in [0.25, 0.3) is 11.1 Å². The molecule has 0 spiro atoms. The largest absolute Gasteiger partial charge is 0.0946 e. The first-order valence-electron chi connectivity index (χ1n) is 14.2. The van der Waals surface area contributed by atoms with Crippen LogP contribution in [0.1, 0.15) is 117 Å². The molecule has 0 heterocycles. The van der Waals surface area contributed by atoms with Crippen LogP contribution in [0.4, 0.5) is 0 Å². The highest BCUT2D eigenvalue weighted by Gasteiger charge is 2.29. The molecule has 1 aliphatic carbocycles. The van der Waals surface area contributed by atoms with Crippen molar-refractivity contribution in [3.63, 3.8) is 0 Å². The van der Waals surface area contributed by atoms with Gasteiger partial charge in [-0.25, -0.2) is 0 Å². The summed E-state index contributed by atoms with van der Waals surface area (Å²) >= 11 is 0. The lowest BCUT2D eigenvalue weighted by Crippen LogP contribution is -2.19. The Morgan fingerprint density at radius 3 is 1.50 bits per heavy atom. The second-order valence-electron chi connectivity index (χ2n) is 12.6. The molecule has 196 valence electrons. The van der Waals surface area contributed by atoms with E-state index in [0.29, 0.717) is 11.8 Å². The molecule has 0 aromatic heterocycles. The van der Waals surface area contributed by atoms with Gasteiger partial charge in [0, 0.05) is 5.92 Å². The van der Waals surface area contributed by atoms with Crippen LogP contribution in [-0.2, 0) is 10.8 Å². The lowest BCUT2D eigenvalue weighted by Gasteiger charge is -2.33. The molecule has 2 atom stereocenters. The molecule has 1 aliphatic rings. The van der Waals surface area contributed by atoms with E-state index >= 15 is 0 Å². The van der Waals surface area contributed by atoms with Gasteiger partial charge < -0.3 is 0 Å². The van der Waals surface area contributed by atoms with E-state index in [2.05, 4.69) is 136 Å². The molecule has 0 saturated heterocycles. The fraction of sp³-hybridized carbons (Fsp3) is 0.500. The molecule has 0 saturated carbocycles. The van der Waals surface area contributed by atoms with Crippen molar-refractivity contribution in [1.29, 1.82) is 0 Å². The van der Waals surface area contributed by atoms with Crippen molar-refractivity contribution in [1.82, 2.24) is 0 Å². The minimum Gasteiger partial charge on any atom is -0.0946 e. The van der Waals surface area contributed by atoms with Crippen molar-refractivity contribution in [2.45, 2.75) is 106 Å². The van der Waals surface area contributed by atoms with E-state index in [4.69, 9.17) is 0 Å². The van der Waals surface area contributed by atoms with Gasteiger partial charge in [0.1, 0.15) is 0 Å². The zero-order valence-electron chi connectivity index (χ0n) is 25.0. The van der Waals surface area contributed by atoms with Crippen LogP contribution in [0.3, 0.4) is 0 Å². The Morgan fingerprint density at radius 2 is 1.14 bits per heavy atom. The van der Waals surface area contributed by atoms with E-state index in [0.717, 1.165) is 6.42 Å². The number of benzene rings is 2. The predicted molar refractivity (Wildman–Crippen MR) is 164 cm³/mol. The first-order valence-corrected chi connectivity index (χ1v) is 14.2. The highest BCUT2D eigenvalue weighted by Crippen LogP contribution is 2.45. The van der Waals surface area contributed by atoms with Gasteiger partial charge in [0.15, 0.2) is 0 Å². The molecule has 0 N–H and O–H groups in total. The molecular formula is C36H52. The number of unbranched alkanes of at least 4 members (excludes halogenated alkanes) is 2. The van der Waals surface area contributed by atoms with Crippen LogP contribution < -0.4 is 0 Å². The van der Waals surface area contributed by atoms with Crippen molar-refractivity contribution < 1.29 is 0 Å². The summed E-state index contributed by atoms with van der Waals surface area (Å²) in [7, 11) is 0. The smallest absolute Gasteiger partial charge is 0.0121 e. The maximum atomic E-state index is 4.62. The van der Waals surface area contributed by atoms with Gasteiger partial charge in [0.2, 0.25) is 0 Å². The molecule has 2 unspecified atom stereocenters. The monoisotopic (exact) mass is 484 g/mol. The van der Waals surface area contributed by atoms with E-state index in [1.54, 1.807) is 0 Å². The van der Waals surface area contributed by atoms with Crippen LogP contribution in [0.2, 0.25) is 0 Å². The SMILES string of the molecule is C=C1C(c2ccc(C(C)(C)C)cc2)=CC=C(c2ccc(C(C)(C)C)cc2)C1C(C)CC.CCCCC. The Balaban J connectivity index is 0.000000830. The second kappa shape index (κ2) is 12.8. The molecule has 0 aliphatic heterocycles. The van der Waals surface area contributed by atoms with Crippen LogP contribution >= 0.6 is 0 Å². The maximum Gasteiger partial charge on any atom is 0.0121 e. The lowest BCUT2D eigenvalue weighted by atomic mass is 9.71. The van der Waals surface area contributed by atoms with Crippen molar-refractivity contribution in [2.24, 2.45) is 11.8 Å². The summed E-state index contributed by atoms with van der Waals surface area (Å²) in [4.78, 5) is 0. The molecule has 0 heteroatoms. The molecule has 0 bridgehead atoms. The Labute approximate surface area is 223 Å². The molecule has 2 aromatic rings. The third-order valence-corrected chi connectivity index (χ3v) is 7.55. The van der Waals surface area contributed by atoms with Crippen molar-refractivity contribution in [2.75, 3.05) is 0 Å². The summed E-state index contributed by atoms with van der Waals surface area (Å²) in [5, 5.41) is 0. The third kappa shape index (κ3) is 7.58. The Bertz CT molecular complexity index is 1030. The van der Waals surface area contributed by atoms with Crippen molar-refractivity contribution in [3.05, 3.63) is 95.1 Å². The van der Waals surface area contributed by atoms with E-state index in [-0.39, 0.29) is 10.8 Å². The van der Waals surface area contributed by atoms with Crippen LogP contribution in [0.15, 0.2) is 72.8 Å². The quantitative estimate of drug-likeness (QED) is 0.382. The fourth-order valence-electron chi connectivity index (χ4n) is 4.85. The van der Waals surface area contributed by atoms with E-state index in [1.807, 2.05) is 0 Å². The maximum absolute atomic E-state index is 4.62. The topological polar surface area (TPSA) is 0 Å². The molecule has 36 heavy (non-hydrogen) atoms. The Morgan fingerprint density at radius 1 is 0.694 bits per heavy atom. The van der Waals surface area contributed by atoms with Crippen molar-refractivity contribution in [3.8, 4) is 0 Å². The summed E-state index contributed by atoms with van der Waals surface area (Å²) in [6.45, 7) is 27.3. The molecule has 0 nitrogen and oxygen atoms in total. The first-order chi connectivity index (χ1) is 16.8. The van der Waals surface area contributed by atoms with E-state index in [1.165, 1.54) is 58.2 Å². The van der Waals surface area contributed by atoms with Gasteiger partial charge in [-0.3, -0.25) is 0 Å². The molecule has 0 amide bonds. The standard InChI is InChI=1S/C31H40.C5H12/c1-10-21(2)29-22(3)27(23-11-15-25(16-12-23)30(4,5)6)19-20-28(29)24-13-17-26(18-14-24)31(7,8)9;1-3-5-4-2/h11-21,29H,3,10H2,1-2,4-9H3;3-5H2,1-2H3. The Kier molecular flexibility index (Phi) is 10.6. The zero-order valence-corrected chi connectivity index (χ0v) is 25.0. The highest BCUT2D eigenvalue weighted by molar-refractivity contribution is 5.89. The number of rotatable bonds is 6. The molecular weight excluding hydrogens is 432 g/mol. The average Bonchev–Trinajstić information content (AvgIpc) is 2.83. The number of hydrogen-bond donors (Lipinski definition) is 0. The Hall–Kier alpha value is -2.34. The van der Waals surface area contributed by atoms with Gasteiger partial charge in [-0.1, -0.05) is 162 Å².